The average Bonchev–Trinajstić information content (AvgIpc) is 3.58. The number of nitrogens with zero attached hydrogens (tertiary/aromatic N) is 1. The molecule has 3 amide bonds. The lowest BCUT2D eigenvalue weighted by molar-refractivity contribution is -0.142. The monoisotopic (exact) mass is 569 g/mol. The van der Waals surface area contributed by atoms with E-state index in [2.05, 4.69) is 30.9 Å². The van der Waals surface area contributed by atoms with Gasteiger partial charge in [-0.3, -0.25) is 19.2 Å². The van der Waals surface area contributed by atoms with Crippen LogP contribution in [0.5, 0.6) is 0 Å². The number of carbonyl (C=O) groups excluding carboxylic acids is 3. The van der Waals surface area contributed by atoms with Gasteiger partial charge in [-0.05, 0) is 24.0 Å². The number of rotatable bonds is 15. The lowest BCUT2D eigenvalue weighted by Crippen LogP contribution is -2.58. The number of imidazole rings is 1. The summed E-state index contributed by atoms with van der Waals surface area (Å²) in [6.45, 7) is 3.32. The molecule has 14 nitrogen and oxygen atoms in total. The van der Waals surface area contributed by atoms with Gasteiger partial charge in [0, 0.05) is 48.3 Å². The van der Waals surface area contributed by atoms with Crippen molar-refractivity contribution < 1.29 is 34.2 Å². The van der Waals surface area contributed by atoms with Gasteiger partial charge in [0.1, 0.15) is 18.1 Å². The molecule has 0 radical (unpaired) electrons. The van der Waals surface area contributed by atoms with Gasteiger partial charge in [0.25, 0.3) is 0 Å². The number of aliphatic carboxylic acids is 2. The van der Waals surface area contributed by atoms with Crippen molar-refractivity contribution in [2.75, 3.05) is 0 Å². The number of carboxylic acids is 2. The summed E-state index contributed by atoms with van der Waals surface area (Å²) in [7, 11) is 0. The van der Waals surface area contributed by atoms with Crippen molar-refractivity contribution in [3.63, 3.8) is 0 Å². The lowest BCUT2D eigenvalue weighted by atomic mass is 10.00. The van der Waals surface area contributed by atoms with Gasteiger partial charge in [0.05, 0.1) is 12.4 Å². The highest BCUT2D eigenvalue weighted by atomic mass is 16.4. The van der Waals surface area contributed by atoms with Gasteiger partial charge in [-0.25, -0.2) is 9.78 Å². The summed E-state index contributed by atoms with van der Waals surface area (Å²) in [5.41, 5.74) is 8.07. The fraction of sp³-hybridized carbons (Fsp3) is 0.407. The topological polar surface area (TPSA) is 232 Å². The Labute approximate surface area is 235 Å². The zero-order valence-electron chi connectivity index (χ0n) is 22.7. The van der Waals surface area contributed by atoms with E-state index in [9.17, 15) is 29.1 Å². The SMILES string of the molecule is CC(C)C(NC(=O)C(CCC(=O)O)NC(=O)C(N)Cc1cnc[nH]1)C(=O)NC(Cc1c[nH]c2ccccc12)C(=O)O. The second-order valence-electron chi connectivity index (χ2n) is 10.1. The minimum Gasteiger partial charge on any atom is -0.481 e. The van der Waals surface area contributed by atoms with Gasteiger partial charge in [-0.1, -0.05) is 32.0 Å². The van der Waals surface area contributed by atoms with Gasteiger partial charge in [-0.15, -0.1) is 0 Å². The fourth-order valence-electron chi connectivity index (χ4n) is 4.31. The maximum Gasteiger partial charge on any atom is 0.326 e. The van der Waals surface area contributed by atoms with Crippen LogP contribution in [-0.4, -0.2) is 79.0 Å². The number of carboxylic acid groups (broad SMARTS) is 2. The molecule has 0 aliphatic rings. The Kier molecular flexibility index (Phi) is 10.6. The molecule has 0 fully saturated rings. The van der Waals surface area contributed by atoms with Gasteiger partial charge in [0.2, 0.25) is 17.7 Å². The number of hydrogen-bond acceptors (Lipinski definition) is 7. The van der Waals surface area contributed by atoms with Gasteiger partial charge in [-0.2, -0.15) is 0 Å². The van der Waals surface area contributed by atoms with E-state index in [0.29, 0.717) is 11.3 Å². The molecule has 0 aliphatic carbocycles. The van der Waals surface area contributed by atoms with Gasteiger partial charge >= 0.3 is 11.9 Å². The lowest BCUT2D eigenvalue weighted by Gasteiger charge is -2.27. The van der Waals surface area contributed by atoms with Crippen molar-refractivity contribution in [2.45, 2.75) is 63.7 Å². The van der Waals surface area contributed by atoms with Crippen LogP contribution < -0.4 is 21.7 Å². The number of aromatic amines is 2. The first-order valence-corrected chi connectivity index (χ1v) is 13.1. The Hall–Kier alpha value is -4.72. The van der Waals surface area contributed by atoms with Crippen molar-refractivity contribution in [1.29, 1.82) is 0 Å². The molecule has 14 heteroatoms. The second-order valence-corrected chi connectivity index (χ2v) is 10.1. The third kappa shape index (κ3) is 8.63. The maximum atomic E-state index is 13.2. The smallest absolute Gasteiger partial charge is 0.326 e. The number of H-pyrrole nitrogens is 2. The molecule has 2 aromatic heterocycles. The predicted molar refractivity (Wildman–Crippen MR) is 147 cm³/mol. The van der Waals surface area contributed by atoms with Crippen LogP contribution >= 0.6 is 0 Å². The average molecular weight is 570 g/mol. The quantitative estimate of drug-likeness (QED) is 0.123. The molecular formula is C27H35N7O7. The first kappa shape index (κ1) is 30.8. The number of para-hydroxylation sites is 1. The Balaban J connectivity index is 1.70. The Morgan fingerprint density at radius 1 is 0.927 bits per heavy atom. The summed E-state index contributed by atoms with van der Waals surface area (Å²) in [4.78, 5) is 72.1. The molecule has 41 heavy (non-hydrogen) atoms. The van der Waals surface area contributed by atoms with Crippen LogP contribution in [0.1, 0.15) is 37.9 Å². The van der Waals surface area contributed by atoms with Crippen molar-refractivity contribution >= 4 is 40.6 Å². The highest BCUT2D eigenvalue weighted by Crippen LogP contribution is 2.19. The van der Waals surface area contributed by atoms with Crippen LogP contribution in [0, 0.1) is 5.92 Å². The highest BCUT2D eigenvalue weighted by Gasteiger charge is 2.32. The zero-order valence-corrected chi connectivity index (χ0v) is 22.7. The van der Waals surface area contributed by atoms with E-state index in [0.717, 1.165) is 10.9 Å². The number of fused-ring (bicyclic) bond motifs is 1. The van der Waals surface area contributed by atoms with Crippen LogP contribution in [0.25, 0.3) is 10.9 Å². The maximum absolute atomic E-state index is 13.2. The van der Waals surface area contributed by atoms with Crippen molar-refractivity contribution in [1.82, 2.24) is 30.9 Å². The molecule has 4 unspecified atom stereocenters. The molecule has 3 aromatic rings. The van der Waals surface area contributed by atoms with E-state index in [4.69, 9.17) is 10.8 Å². The van der Waals surface area contributed by atoms with Gasteiger partial charge < -0.3 is 41.9 Å². The molecular weight excluding hydrogens is 534 g/mol. The molecule has 0 aliphatic heterocycles. The summed E-state index contributed by atoms with van der Waals surface area (Å²) in [5, 5.41) is 27.3. The van der Waals surface area contributed by atoms with Crippen LogP contribution in [0.2, 0.25) is 0 Å². The number of hydrogen-bond donors (Lipinski definition) is 8. The van der Waals surface area contributed by atoms with Crippen LogP contribution in [0.3, 0.4) is 0 Å². The normalized spacial score (nSPS) is 14.1. The third-order valence-corrected chi connectivity index (χ3v) is 6.57. The molecule has 220 valence electrons. The molecule has 0 saturated carbocycles. The van der Waals surface area contributed by atoms with Crippen molar-refractivity contribution in [3.05, 3.63) is 54.2 Å². The number of nitrogens with one attached hydrogen (secondary N) is 5. The van der Waals surface area contributed by atoms with E-state index in [1.807, 2.05) is 24.3 Å². The minimum atomic E-state index is -1.30. The molecule has 2 heterocycles. The predicted octanol–water partition coefficient (Wildman–Crippen LogP) is 0.0633. The Bertz CT molecular complexity index is 1370. The Morgan fingerprint density at radius 2 is 1.63 bits per heavy atom. The van der Waals surface area contributed by atoms with E-state index in [-0.39, 0.29) is 19.3 Å². The summed E-state index contributed by atoms with van der Waals surface area (Å²) in [6.07, 6.45) is 4.01. The first-order valence-electron chi connectivity index (χ1n) is 13.1. The standard InChI is InChI=1S/C27H35N7O7/c1-14(2)23(26(39)33-21(27(40)41)9-15-11-30-19-6-4-3-5-17(15)19)34-25(38)20(7-8-22(35)36)32-24(37)18(28)10-16-12-29-13-31-16/h3-6,11-14,18,20-21,23,30H,7-10,28H2,1-2H3,(H,29,31)(H,32,37)(H,33,39)(H,34,38)(H,35,36)(H,40,41). The molecule has 9 N–H and O–H groups in total. The molecule has 3 rings (SSSR count). The van der Waals surface area contributed by atoms with Crippen LogP contribution in [0.4, 0.5) is 0 Å². The van der Waals surface area contributed by atoms with E-state index in [1.54, 1.807) is 20.0 Å². The van der Waals surface area contributed by atoms with E-state index < -0.39 is 66.2 Å². The molecule has 0 spiro atoms. The summed E-state index contributed by atoms with van der Waals surface area (Å²) < 4.78 is 0. The molecule has 1 aromatic carbocycles. The zero-order chi connectivity index (χ0) is 30.1. The van der Waals surface area contributed by atoms with E-state index in [1.165, 1.54) is 12.5 Å². The second kappa shape index (κ2) is 14.1. The Morgan fingerprint density at radius 3 is 2.27 bits per heavy atom. The molecule has 0 bridgehead atoms. The first-order chi connectivity index (χ1) is 19.5. The molecule has 0 saturated heterocycles. The largest absolute Gasteiger partial charge is 0.481 e. The number of carbonyl (C=O) groups is 5. The van der Waals surface area contributed by atoms with Gasteiger partial charge in [0.15, 0.2) is 0 Å². The fourth-order valence-corrected chi connectivity index (χ4v) is 4.31. The number of benzene rings is 1. The number of aromatic nitrogens is 3. The van der Waals surface area contributed by atoms with Crippen molar-refractivity contribution in [2.24, 2.45) is 11.7 Å². The van der Waals surface area contributed by atoms with Crippen molar-refractivity contribution in [3.8, 4) is 0 Å². The minimum absolute atomic E-state index is 0.00460. The van der Waals surface area contributed by atoms with Crippen LogP contribution in [-0.2, 0) is 36.8 Å². The highest BCUT2D eigenvalue weighted by molar-refractivity contribution is 5.94. The number of nitrogens with two attached hydrogens (primary N) is 1. The third-order valence-electron chi connectivity index (χ3n) is 6.57. The summed E-state index contributed by atoms with van der Waals surface area (Å²) in [5.74, 6) is -5.14. The van der Waals surface area contributed by atoms with E-state index >= 15 is 0 Å². The summed E-state index contributed by atoms with van der Waals surface area (Å²) >= 11 is 0. The summed E-state index contributed by atoms with van der Waals surface area (Å²) in [6, 6.07) is 2.53. The van der Waals surface area contributed by atoms with Crippen LogP contribution in [0.15, 0.2) is 43.0 Å². The number of amides is 3. The molecule has 4 atom stereocenters.